The summed E-state index contributed by atoms with van der Waals surface area (Å²) >= 11 is 0. The maximum atomic E-state index is 11.6. The van der Waals surface area contributed by atoms with Gasteiger partial charge < -0.3 is 4.74 Å². The van der Waals surface area contributed by atoms with Gasteiger partial charge in [-0.15, -0.1) is 0 Å². The Morgan fingerprint density at radius 3 is 1.48 bits per heavy atom. The summed E-state index contributed by atoms with van der Waals surface area (Å²) in [6.45, 7) is 6.72. The molecule has 0 saturated heterocycles. The molecular formula is C22H42O3. The van der Waals surface area contributed by atoms with Crippen molar-refractivity contribution < 1.29 is 14.3 Å². The first kappa shape index (κ1) is 24.1. The van der Waals surface area contributed by atoms with Crippen molar-refractivity contribution in [2.75, 3.05) is 0 Å². The van der Waals surface area contributed by atoms with Crippen LogP contribution in [-0.2, 0) is 14.3 Å². The number of ether oxygens (including phenoxy) is 1. The Balaban J connectivity index is 3.37. The van der Waals surface area contributed by atoms with Gasteiger partial charge in [0.25, 0.3) is 0 Å². The average molecular weight is 355 g/mol. The lowest BCUT2D eigenvalue weighted by Crippen LogP contribution is -2.11. The minimum Gasteiger partial charge on any atom is -0.393 e. The number of esters is 2. The quantitative estimate of drug-likeness (QED) is 0.161. The molecule has 0 aromatic heterocycles. The fourth-order valence-electron chi connectivity index (χ4n) is 2.98. The van der Waals surface area contributed by atoms with Crippen molar-refractivity contribution in [2.24, 2.45) is 5.92 Å². The molecule has 0 aliphatic rings. The van der Waals surface area contributed by atoms with Gasteiger partial charge in [0.1, 0.15) is 0 Å². The van der Waals surface area contributed by atoms with E-state index in [2.05, 4.69) is 20.8 Å². The van der Waals surface area contributed by atoms with Crippen LogP contribution in [0.1, 0.15) is 124 Å². The van der Waals surface area contributed by atoms with E-state index in [0.29, 0.717) is 12.8 Å². The molecule has 25 heavy (non-hydrogen) atoms. The molecule has 3 nitrogen and oxygen atoms in total. The lowest BCUT2D eigenvalue weighted by molar-refractivity contribution is -0.159. The Morgan fingerprint density at radius 2 is 1.04 bits per heavy atom. The Hall–Kier alpha value is -0.860. The molecule has 0 unspecified atom stereocenters. The first-order valence-corrected chi connectivity index (χ1v) is 10.8. The topological polar surface area (TPSA) is 43.4 Å². The van der Waals surface area contributed by atoms with Crippen molar-refractivity contribution in [1.82, 2.24) is 0 Å². The smallest absolute Gasteiger partial charge is 0.313 e. The van der Waals surface area contributed by atoms with E-state index in [-0.39, 0.29) is 11.9 Å². The van der Waals surface area contributed by atoms with Crippen LogP contribution < -0.4 is 0 Å². The maximum Gasteiger partial charge on any atom is 0.313 e. The van der Waals surface area contributed by atoms with Gasteiger partial charge in [-0.1, -0.05) is 97.8 Å². The van der Waals surface area contributed by atoms with Crippen LogP contribution in [0.4, 0.5) is 0 Å². The van der Waals surface area contributed by atoms with Gasteiger partial charge in [0.05, 0.1) is 0 Å². The first-order valence-electron chi connectivity index (χ1n) is 10.8. The molecule has 0 radical (unpaired) electrons. The zero-order valence-corrected chi connectivity index (χ0v) is 17.1. The van der Waals surface area contributed by atoms with E-state index >= 15 is 0 Å². The third kappa shape index (κ3) is 19.3. The highest BCUT2D eigenvalue weighted by atomic mass is 16.6. The molecular weight excluding hydrogens is 312 g/mol. The number of hydrogen-bond acceptors (Lipinski definition) is 3. The van der Waals surface area contributed by atoms with Gasteiger partial charge in [0, 0.05) is 12.8 Å². The predicted molar refractivity (Wildman–Crippen MR) is 105 cm³/mol. The second kappa shape index (κ2) is 17.9. The van der Waals surface area contributed by atoms with Crippen molar-refractivity contribution in [3.63, 3.8) is 0 Å². The van der Waals surface area contributed by atoms with Crippen molar-refractivity contribution in [3.05, 3.63) is 0 Å². The Kier molecular flexibility index (Phi) is 17.3. The van der Waals surface area contributed by atoms with Crippen molar-refractivity contribution in [2.45, 2.75) is 124 Å². The molecule has 0 rings (SSSR count). The zero-order valence-electron chi connectivity index (χ0n) is 17.1. The van der Waals surface area contributed by atoms with Gasteiger partial charge in [0.15, 0.2) is 0 Å². The number of carbonyl (C=O) groups is 2. The second-order valence-electron chi connectivity index (χ2n) is 7.77. The summed E-state index contributed by atoms with van der Waals surface area (Å²) in [6, 6.07) is 0. The van der Waals surface area contributed by atoms with Crippen LogP contribution in [0.25, 0.3) is 0 Å². The van der Waals surface area contributed by atoms with E-state index in [1.807, 2.05) is 0 Å². The van der Waals surface area contributed by atoms with Gasteiger partial charge >= 0.3 is 11.9 Å². The molecule has 0 saturated carbocycles. The van der Waals surface area contributed by atoms with E-state index in [9.17, 15) is 9.59 Å². The average Bonchev–Trinajstić information content (AvgIpc) is 2.56. The van der Waals surface area contributed by atoms with E-state index < -0.39 is 0 Å². The maximum absolute atomic E-state index is 11.6. The Bertz CT molecular complexity index is 323. The largest absolute Gasteiger partial charge is 0.393 e. The highest BCUT2D eigenvalue weighted by molar-refractivity contribution is 5.85. The normalized spacial score (nSPS) is 11.0. The van der Waals surface area contributed by atoms with Gasteiger partial charge in [-0.25, -0.2) is 0 Å². The predicted octanol–water partition coefficient (Wildman–Crippen LogP) is 6.97. The molecule has 0 heterocycles. The van der Waals surface area contributed by atoms with Crippen LogP contribution >= 0.6 is 0 Å². The molecule has 0 fully saturated rings. The van der Waals surface area contributed by atoms with Crippen molar-refractivity contribution in [3.8, 4) is 0 Å². The highest BCUT2D eigenvalue weighted by Crippen LogP contribution is 2.12. The van der Waals surface area contributed by atoms with Crippen LogP contribution in [0, 0.1) is 5.92 Å². The van der Waals surface area contributed by atoms with Gasteiger partial charge in [-0.3, -0.25) is 9.59 Å². The third-order valence-electron chi connectivity index (χ3n) is 4.62. The van der Waals surface area contributed by atoms with E-state index in [1.165, 1.54) is 64.2 Å². The first-order chi connectivity index (χ1) is 12.1. The van der Waals surface area contributed by atoms with Crippen LogP contribution in [0.15, 0.2) is 0 Å². The fraction of sp³-hybridized carbons (Fsp3) is 0.909. The summed E-state index contributed by atoms with van der Waals surface area (Å²) in [5.74, 6) is 0.0988. The summed E-state index contributed by atoms with van der Waals surface area (Å²) in [6.07, 6.45) is 17.2. The molecule has 0 aliphatic carbocycles. The van der Waals surface area contributed by atoms with Gasteiger partial charge in [-0.2, -0.15) is 0 Å². The number of rotatable bonds is 17. The highest BCUT2D eigenvalue weighted by Gasteiger charge is 2.09. The van der Waals surface area contributed by atoms with Crippen LogP contribution in [0.3, 0.4) is 0 Å². The molecule has 0 aromatic rings. The molecule has 0 amide bonds. The molecule has 0 aromatic carbocycles. The summed E-state index contributed by atoms with van der Waals surface area (Å²) in [7, 11) is 0. The standard InChI is InChI=1S/C22H42O3/c1-4-5-6-7-8-9-12-15-18-21(23)25-22(24)19-16-13-10-11-14-17-20(2)3/h20H,4-19H2,1-3H3. The molecule has 3 heteroatoms. The number of hydrogen-bond donors (Lipinski definition) is 0. The van der Waals surface area contributed by atoms with E-state index in [4.69, 9.17) is 4.74 Å². The summed E-state index contributed by atoms with van der Waals surface area (Å²) < 4.78 is 4.89. The minimum absolute atomic E-state index is 0.340. The number of unbranched alkanes of at least 4 members (excludes halogenated alkanes) is 11. The summed E-state index contributed by atoms with van der Waals surface area (Å²) in [5.41, 5.74) is 0. The SMILES string of the molecule is CCCCCCCCCCC(=O)OC(=O)CCCCCCCC(C)C. The number of carbonyl (C=O) groups excluding carboxylic acids is 2. The fourth-order valence-corrected chi connectivity index (χ4v) is 2.98. The Labute approximate surface area is 156 Å². The minimum atomic E-state index is -0.341. The van der Waals surface area contributed by atoms with Crippen LogP contribution in [0.5, 0.6) is 0 Å². The monoisotopic (exact) mass is 354 g/mol. The van der Waals surface area contributed by atoms with Crippen LogP contribution in [0.2, 0.25) is 0 Å². The zero-order chi connectivity index (χ0) is 18.8. The van der Waals surface area contributed by atoms with Crippen LogP contribution in [-0.4, -0.2) is 11.9 Å². The summed E-state index contributed by atoms with van der Waals surface area (Å²) in [5, 5.41) is 0. The molecule has 0 bridgehead atoms. The van der Waals surface area contributed by atoms with Gasteiger partial charge in [-0.05, 0) is 18.8 Å². The lowest BCUT2D eigenvalue weighted by atomic mass is 10.0. The lowest BCUT2D eigenvalue weighted by Gasteiger charge is -2.05. The van der Waals surface area contributed by atoms with Crippen molar-refractivity contribution in [1.29, 1.82) is 0 Å². The van der Waals surface area contributed by atoms with E-state index in [0.717, 1.165) is 31.6 Å². The molecule has 148 valence electrons. The Morgan fingerprint density at radius 1 is 0.640 bits per heavy atom. The molecule has 0 N–H and O–H groups in total. The third-order valence-corrected chi connectivity index (χ3v) is 4.62. The van der Waals surface area contributed by atoms with Gasteiger partial charge in [0.2, 0.25) is 0 Å². The molecule has 0 aliphatic heterocycles. The molecule has 0 spiro atoms. The second-order valence-corrected chi connectivity index (χ2v) is 7.77. The van der Waals surface area contributed by atoms with E-state index in [1.54, 1.807) is 0 Å². The summed E-state index contributed by atoms with van der Waals surface area (Å²) in [4.78, 5) is 23.2. The molecule has 0 atom stereocenters. The van der Waals surface area contributed by atoms with Crippen molar-refractivity contribution >= 4 is 11.9 Å².